The molecule has 138 valence electrons. The van der Waals surface area contributed by atoms with Crippen molar-refractivity contribution in [3.8, 4) is 0 Å². The zero-order valence-corrected chi connectivity index (χ0v) is 15.7. The van der Waals surface area contributed by atoms with Gasteiger partial charge in [-0.15, -0.1) is 0 Å². The van der Waals surface area contributed by atoms with Crippen LogP contribution in [-0.2, 0) is 9.59 Å². The quantitative estimate of drug-likeness (QED) is 0.799. The van der Waals surface area contributed by atoms with Crippen LogP contribution in [0.2, 0.25) is 0 Å². The maximum absolute atomic E-state index is 12.9. The second-order valence-electron chi connectivity index (χ2n) is 6.89. The van der Waals surface area contributed by atoms with E-state index in [0.29, 0.717) is 6.54 Å². The van der Waals surface area contributed by atoms with Gasteiger partial charge >= 0.3 is 0 Å². The van der Waals surface area contributed by atoms with Crippen molar-refractivity contribution in [1.29, 1.82) is 0 Å². The second-order valence-corrected chi connectivity index (χ2v) is 6.89. The summed E-state index contributed by atoms with van der Waals surface area (Å²) in [4.78, 5) is 31.4. The lowest BCUT2D eigenvalue weighted by atomic mass is 10.0. The van der Waals surface area contributed by atoms with Crippen molar-refractivity contribution in [3.05, 3.63) is 35.9 Å². The Kier molecular flexibility index (Phi) is 6.96. The monoisotopic (exact) mass is 346 g/mol. The van der Waals surface area contributed by atoms with Gasteiger partial charge in [0.15, 0.2) is 0 Å². The number of benzene rings is 1. The molecule has 0 bridgehead atoms. The summed E-state index contributed by atoms with van der Waals surface area (Å²) in [6.07, 6.45) is 1.73. The fourth-order valence-corrected chi connectivity index (χ4v) is 3.34. The summed E-state index contributed by atoms with van der Waals surface area (Å²) in [6, 6.07) is 9.04. The van der Waals surface area contributed by atoms with Crippen molar-refractivity contribution >= 4 is 11.8 Å². The summed E-state index contributed by atoms with van der Waals surface area (Å²) in [7, 11) is 7.49. The number of rotatable bonds is 7. The molecule has 1 aromatic rings. The molecule has 0 radical (unpaired) electrons. The minimum absolute atomic E-state index is 0.0677. The Morgan fingerprint density at radius 2 is 1.88 bits per heavy atom. The number of likely N-dealkylation sites (N-methyl/N-ethyl adjacent to an activating group) is 3. The molecule has 6 nitrogen and oxygen atoms in total. The van der Waals surface area contributed by atoms with E-state index in [1.807, 2.05) is 51.5 Å². The van der Waals surface area contributed by atoms with Gasteiger partial charge in [-0.1, -0.05) is 30.3 Å². The summed E-state index contributed by atoms with van der Waals surface area (Å²) in [5.41, 5.74) is 0.928. The van der Waals surface area contributed by atoms with E-state index in [2.05, 4.69) is 15.1 Å². The van der Waals surface area contributed by atoms with Crippen molar-refractivity contribution in [2.24, 2.45) is 0 Å². The van der Waals surface area contributed by atoms with Crippen molar-refractivity contribution in [2.75, 3.05) is 47.8 Å². The second kappa shape index (κ2) is 8.97. The first-order valence-corrected chi connectivity index (χ1v) is 8.87. The van der Waals surface area contributed by atoms with E-state index in [-0.39, 0.29) is 17.9 Å². The van der Waals surface area contributed by atoms with Gasteiger partial charge in [0.2, 0.25) is 11.8 Å². The summed E-state index contributed by atoms with van der Waals surface area (Å²) in [5, 5.41) is 2.76. The van der Waals surface area contributed by atoms with Gasteiger partial charge in [0.1, 0.15) is 6.04 Å². The fourth-order valence-electron chi connectivity index (χ4n) is 3.34. The molecule has 2 rings (SSSR count). The zero-order valence-electron chi connectivity index (χ0n) is 15.7. The number of amides is 2. The van der Waals surface area contributed by atoms with Crippen molar-refractivity contribution in [1.82, 2.24) is 20.0 Å². The Bertz CT molecular complexity index is 576. The lowest BCUT2D eigenvalue weighted by molar-refractivity contribution is -0.137. The first kappa shape index (κ1) is 19.4. The molecule has 1 heterocycles. The van der Waals surface area contributed by atoms with E-state index in [0.717, 1.165) is 31.5 Å². The van der Waals surface area contributed by atoms with Crippen LogP contribution in [0, 0.1) is 0 Å². The van der Waals surface area contributed by atoms with E-state index in [9.17, 15) is 9.59 Å². The van der Waals surface area contributed by atoms with E-state index in [1.165, 1.54) is 0 Å². The molecule has 0 spiro atoms. The van der Waals surface area contributed by atoms with E-state index in [1.54, 1.807) is 11.9 Å². The van der Waals surface area contributed by atoms with Crippen molar-refractivity contribution in [2.45, 2.75) is 24.9 Å². The van der Waals surface area contributed by atoms with Crippen LogP contribution in [0.5, 0.6) is 0 Å². The highest BCUT2D eigenvalue weighted by molar-refractivity contribution is 5.86. The van der Waals surface area contributed by atoms with E-state index >= 15 is 0 Å². The minimum Gasteiger partial charge on any atom is -0.358 e. The molecule has 1 aliphatic rings. The molecule has 25 heavy (non-hydrogen) atoms. The van der Waals surface area contributed by atoms with Crippen molar-refractivity contribution < 1.29 is 9.59 Å². The SMILES string of the molecule is CNC(=O)[C@@H](c1ccccc1)N1CCC[C@H]1C(=O)N(C)CCN(C)C. The Balaban J connectivity index is 2.19. The third-order valence-electron chi connectivity index (χ3n) is 4.78. The van der Waals surface area contributed by atoms with Crippen LogP contribution in [0.4, 0.5) is 0 Å². The lowest BCUT2D eigenvalue weighted by Gasteiger charge is -2.33. The predicted octanol–water partition coefficient (Wildman–Crippen LogP) is 0.958. The normalized spacial score (nSPS) is 19.0. The van der Waals surface area contributed by atoms with E-state index < -0.39 is 6.04 Å². The molecule has 1 aliphatic heterocycles. The summed E-state index contributed by atoms with van der Waals surface area (Å²) in [6.45, 7) is 2.27. The first-order chi connectivity index (χ1) is 12.0. The number of nitrogens with zero attached hydrogens (tertiary/aromatic N) is 3. The van der Waals surface area contributed by atoms with Crippen LogP contribution in [0.3, 0.4) is 0 Å². The summed E-state index contributed by atoms with van der Waals surface area (Å²) >= 11 is 0. The van der Waals surface area contributed by atoms with Gasteiger partial charge < -0.3 is 15.1 Å². The summed E-state index contributed by atoms with van der Waals surface area (Å²) < 4.78 is 0. The fraction of sp³-hybridized carbons (Fsp3) is 0.579. The number of nitrogens with one attached hydrogen (secondary N) is 1. The maximum atomic E-state index is 12.9. The molecule has 2 atom stereocenters. The summed E-state index contributed by atoms with van der Waals surface area (Å²) in [5.74, 6) is 0.0334. The van der Waals surface area contributed by atoms with Crippen LogP contribution in [0.25, 0.3) is 0 Å². The molecule has 1 saturated heterocycles. The molecule has 0 unspecified atom stereocenters. The average molecular weight is 346 g/mol. The lowest BCUT2D eigenvalue weighted by Crippen LogP contribution is -2.49. The molecule has 0 aliphatic carbocycles. The zero-order chi connectivity index (χ0) is 18.4. The highest BCUT2D eigenvalue weighted by Gasteiger charge is 2.40. The smallest absolute Gasteiger partial charge is 0.241 e. The molecule has 1 N–H and O–H groups in total. The largest absolute Gasteiger partial charge is 0.358 e. The van der Waals surface area contributed by atoms with Gasteiger partial charge in [-0.2, -0.15) is 0 Å². The number of carbonyl (C=O) groups excluding carboxylic acids is 2. The number of hydrogen-bond donors (Lipinski definition) is 1. The highest BCUT2D eigenvalue weighted by atomic mass is 16.2. The predicted molar refractivity (Wildman–Crippen MR) is 99.2 cm³/mol. The van der Waals surface area contributed by atoms with Crippen LogP contribution >= 0.6 is 0 Å². The molecule has 6 heteroatoms. The van der Waals surface area contributed by atoms with Gasteiger partial charge in [-0.05, 0) is 32.5 Å². The third-order valence-corrected chi connectivity index (χ3v) is 4.78. The Labute approximate surface area is 150 Å². The van der Waals surface area contributed by atoms with Crippen LogP contribution in [-0.4, -0.2) is 80.4 Å². The first-order valence-electron chi connectivity index (χ1n) is 8.87. The molecular formula is C19H30N4O2. The average Bonchev–Trinajstić information content (AvgIpc) is 3.09. The van der Waals surface area contributed by atoms with E-state index in [4.69, 9.17) is 0 Å². The Hall–Kier alpha value is -1.92. The van der Waals surface area contributed by atoms with Gasteiger partial charge in [-0.3, -0.25) is 14.5 Å². The highest BCUT2D eigenvalue weighted by Crippen LogP contribution is 2.30. The maximum Gasteiger partial charge on any atom is 0.241 e. The Morgan fingerprint density at radius 3 is 2.48 bits per heavy atom. The van der Waals surface area contributed by atoms with Crippen molar-refractivity contribution in [3.63, 3.8) is 0 Å². The third kappa shape index (κ3) is 4.80. The van der Waals surface area contributed by atoms with Crippen LogP contribution < -0.4 is 5.32 Å². The molecule has 2 amide bonds. The molecular weight excluding hydrogens is 316 g/mol. The van der Waals surface area contributed by atoms with Gasteiger partial charge in [0.05, 0.1) is 6.04 Å². The molecule has 0 aromatic heterocycles. The number of carbonyl (C=O) groups is 2. The number of likely N-dealkylation sites (tertiary alicyclic amines) is 1. The topological polar surface area (TPSA) is 55.9 Å². The van der Waals surface area contributed by atoms with Gasteiger partial charge in [0, 0.05) is 33.7 Å². The minimum atomic E-state index is -0.426. The van der Waals surface area contributed by atoms with Crippen LogP contribution in [0.1, 0.15) is 24.4 Å². The van der Waals surface area contributed by atoms with Gasteiger partial charge in [0.25, 0.3) is 0 Å². The molecule has 0 saturated carbocycles. The Morgan fingerprint density at radius 1 is 1.20 bits per heavy atom. The van der Waals surface area contributed by atoms with Gasteiger partial charge in [-0.25, -0.2) is 0 Å². The molecule has 1 aromatic carbocycles. The standard InChI is InChI=1S/C19H30N4O2/c1-20-18(24)17(15-9-6-5-7-10-15)23-12-8-11-16(23)19(25)22(4)14-13-21(2)3/h5-7,9-10,16-17H,8,11-14H2,1-4H3,(H,20,24)/t16-,17+/m0/s1. The van der Waals surface area contributed by atoms with Crippen LogP contribution in [0.15, 0.2) is 30.3 Å². The number of hydrogen-bond acceptors (Lipinski definition) is 4. The molecule has 1 fully saturated rings.